The summed E-state index contributed by atoms with van der Waals surface area (Å²) in [5.74, 6) is 1.45. The van der Waals surface area contributed by atoms with Crippen LogP contribution < -0.4 is 15.0 Å². The number of fused-ring (bicyclic) bond motifs is 5. The Morgan fingerprint density at radius 2 is 1.87 bits per heavy atom. The Bertz CT molecular complexity index is 1560. The topological polar surface area (TPSA) is 75.0 Å². The van der Waals surface area contributed by atoms with Crippen molar-refractivity contribution in [3.63, 3.8) is 0 Å². The first-order valence-corrected chi connectivity index (χ1v) is 12.9. The van der Waals surface area contributed by atoms with Crippen molar-refractivity contribution in [1.82, 2.24) is 10.2 Å². The van der Waals surface area contributed by atoms with Crippen LogP contribution in [0.25, 0.3) is 11.3 Å². The summed E-state index contributed by atoms with van der Waals surface area (Å²) >= 11 is 0. The number of ether oxygens (including phenoxy) is 1. The molecule has 1 aromatic heterocycles. The maximum Gasteiger partial charge on any atom is 0.325 e. The monoisotopic (exact) mass is 505 g/mol. The molecule has 190 valence electrons. The quantitative estimate of drug-likeness (QED) is 0.375. The predicted molar refractivity (Wildman–Crippen MR) is 143 cm³/mol. The van der Waals surface area contributed by atoms with Crippen LogP contribution in [0, 0.1) is 0 Å². The van der Waals surface area contributed by atoms with Crippen molar-refractivity contribution in [2.75, 3.05) is 11.4 Å². The highest BCUT2D eigenvalue weighted by atomic mass is 16.5. The van der Waals surface area contributed by atoms with Gasteiger partial charge in [0.15, 0.2) is 5.72 Å². The lowest BCUT2D eigenvalue weighted by atomic mass is 9.89. The summed E-state index contributed by atoms with van der Waals surface area (Å²) in [4.78, 5) is 30.5. The minimum atomic E-state index is -0.905. The normalized spacial score (nSPS) is 21.7. The van der Waals surface area contributed by atoms with E-state index in [1.165, 1.54) is 11.1 Å². The van der Waals surface area contributed by atoms with Crippen LogP contribution in [-0.2, 0) is 13.0 Å². The fourth-order valence-corrected chi connectivity index (χ4v) is 5.99. The van der Waals surface area contributed by atoms with Gasteiger partial charge in [-0.15, -0.1) is 0 Å². The molecule has 2 unspecified atom stereocenters. The minimum Gasteiger partial charge on any atom is -0.467 e. The molecule has 38 heavy (non-hydrogen) atoms. The molecule has 0 aliphatic carbocycles. The predicted octanol–water partition coefficient (Wildman–Crippen LogP) is 5.91. The van der Waals surface area contributed by atoms with Gasteiger partial charge in [-0.3, -0.25) is 9.69 Å². The highest BCUT2D eigenvalue weighted by molar-refractivity contribution is 5.99. The summed E-state index contributed by atoms with van der Waals surface area (Å²) in [5, 5.41) is 3.15. The van der Waals surface area contributed by atoms with Crippen LogP contribution in [0.1, 0.15) is 46.4 Å². The summed E-state index contributed by atoms with van der Waals surface area (Å²) in [5.41, 5.74) is 4.62. The molecule has 1 N–H and O–H groups in total. The van der Waals surface area contributed by atoms with E-state index >= 15 is 0 Å². The second-order valence-corrected chi connectivity index (χ2v) is 10.3. The van der Waals surface area contributed by atoms with Gasteiger partial charge in [-0.1, -0.05) is 30.3 Å². The number of carbonyl (C=O) groups is 2. The molecule has 0 radical (unpaired) electrons. The lowest BCUT2D eigenvalue weighted by molar-refractivity contribution is 0.0378. The maximum atomic E-state index is 13.5. The molecule has 4 aromatic rings. The molecule has 1 saturated heterocycles. The molecule has 3 aliphatic rings. The number of rotatable bonds is 3. The molecule has 7 nitrogen and oxygen atoms in total. The highest BCUT2D eigenvalue weighted by Crippen LogP contribution is 2.46. The van der Waals surface area contributed by atoms with E-state index in [9.17, 15) is 9.59 Å². The first kappa shape index (κ1) is 22.7. The lowest BCUT2D eigenvalue weighted by Gasteiger charge is -2.50. The molecular weight excluding hydrogens is 478 g/mol. The van der Waals surface area contributed by atoms with Crippen molar-refractivity contribution in [1.29, 1.82) is 0 Å². The van der Waals surface area contributed by atoms with Crippen LogP contribution in [-0.4, -0.2) is 29.1 Å². The molecule has 3 aliphatic heterocycles. The SMILES string of the molecule is CC12CC(NC(=O)N1c1cccc(C(=O)N3CCc4ccccc4C3)c1)c1cc(-c3ccco3)ccc1O2. The van der Waals surface area contributed by atoms with E-state index in [1.807, 2.05) is 72.5 Å². The molecule has 7 heteroatoms. The summed E-state index contributed by atoms with van der Waals surface area (Å²) in [6.45, 7) is 3.18. The molecule has 3 amide bonds. The van der Waals surface area contributed by atoms with Crippen molar-refractivity contribution in [2.24, 2.45) is 0 Å². The third kappa shape index (κ3) is 3.65. The van der Waals surface area contributed by atoms with Gasteiger partial charge < -0.3 is 19.4 Å². The average molecular weight is 506 g/mol. The second kappa shape index (κ2) is 8.52. The summed E-state index contributed by atoms with van der Waals surface area (Å²) < 4.78 is 12.0. The van der Waals surface area contributed by atoms with Gasteiger partial charge in [-0.25, -0.2) is 4.79 Å². The Morgan fingerprint density at radius 3 is 2.71 bits per heavy atom. The Hall–Kier alpha value is -4.52. The van der Waals surface area contributed by atoms with E-state index in [0.29, 0.717) is 30.8 Å². The first-order chi connectivity index (χ1) is 18.5. The van der Waals surface area contributed by atoms with Crippen molar-refractivity contribution in [2.45, 2.75) is 38.1 Å². The van der Waals surface area contributed by atoms with E-state index in [-0.39, 0.29) is 18.0 Å². The first-order valence-electron chi connectivity index (χ1n) is 12.9. The van der Waals surface area contributed by atoms with Crippen LogP contribution in [0.2, 0.25) is 0 Å². The summed E-state index contributed by atoms with van der Waals surface area (Å²) in [7, 11) is 0. The summed E-state index contributed by atoms with van der Waals surface area (Å²) in [6.07, 6.45) is 3.05. The number of nitrogens with zero attached hydrogens (tertiary/aromatic N) is 2. The lowest BCUT2D eigenvalue weighted by Crippen LogP contribution is -2.65. The highest BCUT2D eigenvalue weighted by Gasteiger charge is 2.50. The molecule has 2 bridgehead atoms. The second-order valence-electron chi connectivity index (χ2n) is 10.3. The zero-order valence-electron chi connectivity index (χ0n) is 21.0. The minimum absolute atomic E-state index is 0.0397. The number of amides is 3. The molecule has 1 fully saturated rings. The van der Waals surface area contributed by atoms with Gasteiger partial charge in [-0.05, 0) is 73.0 Å². The van der Waals surface area contributed by atoms with Crippen molar-refractivity contribution < 1.29 is 18.7 Å². The number of urea groups is 1. The number of anilines is 1. The molecule has 7 rings (SSSR count). The van der Waals surface area contributed by atoms with E-state index in [4.69, 9.17) is 9.15 Å². The van der Waals surface area contributed by atoms with Crippen LogP contribution in [0.5, 0.6) is 5.75 Å². The molecule has 0 spiro atoms. The zero-order valence-corrected chi connectivity index (χ0v) is 21.0. The van der Waals surface area contributed by atoms with Crippen molar-refractivity contribution >= 4 is 17.6 Å². The van der Waals surface area contributed by atoms with Crippen LogP contribution in [0.4, 0.5) is 10.5 Å². The molecule has 4 heterocycles. The average Bonchev–Trinajstić information content (AvgIpc) is 3.47. The number of benzene rings is 3. The number of carbonyl (C=O) groups excluding carboxylic acids is 2. The number of hydrogen-bond donors (Lipinski definition) is 1. The third-order valence-electron chi connectivity index (χ3n) is 7.85. The van der Waals surface area contributed by atoms with Gasteiger partial charge in [0, 0.05) is 36.2 Å². The van der Waals surface area contributed by atoms with Crippen LogP contribution in [0.15, 0.2) is 89.5 Å². The van der Waals surface area contributed by atoms with Crippen LogP contribution >= 0.6 is 0 Å². The molecule has 2 atom stereocenters. The molecule has 0 saturated carbocycles. The van der Waals surface area contributed by atoms with Crippen molar-refractivity contribution in [3.8, 4) is 17.1 Å². The van der Waals surface area contributed by atoms with Gasteiger partial charge in [-0.2, -0.15) is 0 Å². The maximum absolute atomic E-state index is 13.5. The number of furan rings is 1. The number of nitrogens with one attached hydrogen (secondary N) is 1. The fourth-order valence-electron chi connectivity index (χ4n) is 5.99. The van der Waals surface area contributed by atoms with E-state index in [0.717, 1.165) is 29.1 Å². The standard InChI is InChI=1S/C31H27N3O4/c1-31-18-26(25-17-21(11-12-28(25)38-31)27-10-5-15-37-27)32-30(36)34(31)24-9-4-8-22(16-24)29(35)33-14-13-20-6-2-3-7-23(20)19-33/h2-12,15-17,26H,13-14,18-19H2,1H3,(H,32,36). The largest absolute Gasteiger partial charge is 0.467 e. The number of hydrogen-bond acceptors (Lipinski definition) is 4. The van der Waals surface area contributed by atoms with Gasteiger partial charge >= 0.3 is 6.03 Å². The van der Waals surface area contributed by atoms with Gasteiger partial charge in [0.25, 0.3) is 5.91 Å². The van der Waals surface area contributed by atoms with Gasteiger partial charge in [0.1, 0.15) is 11.5 Å². The van der Waals surface area contributed by atoms with Gasteiger partial charge in [0.05, 0.1) is 18.0 Å². The zero-order chi connectivity index (χ0) is 25.9. The molecule has 3 aromatic carbocycles. The smallest absolute Gasteiger partial charge is 0.325 e. The van der Waals surface area contributed by atoms with Crippen LogP contribution in [0.3, 0.4) is 0 Å². The van der Waals surface area contributed by atoms with E-state index < -0.39 is 5.72 Å². The third-order valence-corrected chi connectivity index (χ3v) is 7.85. The fraction of sp³-hybridized carbons (Fsp3) is 0.226. The van der Waals surface area contributed by atoms with Gasteiger partial charge in [0.2, 0.25) is 0 Å². The Kier molecular flexibility index (Phi) is 5.08. The Balaban J connectivity index is 1.17. The Labute approximate surface area is 220 Å². The molecular formula is C31H27N3O4. The summed E-state index contributed by atoms with van der Waals surface area (Å²) in [6, 6.07) is 24.8. The van der Waals surface area contributed by atoms with E-state index in [1.54, 1.807) is 17.2 Å². The Morgan fingerprint density at radius 1 is 1.00 bits per heavy atom. The van der Waals surface area contributed by atoms with E-state index in [2.05, 4.69) is 17.4 Å². The van der Waals surface area contributed by atoms with Crippen molar-refractivity contribution in [3.05, 3.63) is 107 Å².